The van der Waals surface area contributed by atoms with Crippen LogP contribution >= 0.6 is 0 Å². The first kappa shape index (κ1) is 20.8. The van der Waals surface area contributed by atoms with Crippen molar-refractivity contribution in [2.45, 2.75) is 19.9 Å². The lowest BCUT2D eigenvalue weighted by Crippen LogP contribution is -2.32. The fourth-order valence-electron chi connectivity index (χ4n) is 4.10. The Kier molecular flexibility index (Phi) is 5.52. The van der Waals surface area contributed by atoms with Crippen LogP contribution in [0.1, 0.15) is 17.2 Å². The molecule has 1 aromatic carbocycles. The quantitative estimate of drug-likeness (QED) is 0.601. The molecule has 0 N–H and O–H groups in total. The molecule has 2 atom stereocenters. The first-order valence-corrected chi connectivity index (χ1v) is 11.5. The maximum atomic E-state index is 12.5. The highest BCUT2D eigenvalue weighted by atomic mass is 32.2. The van der Waals surface area contributed by atoms with Gasteiger partial charge in [0, 0.05) is 50.4 Å². The molecule has 1 fully saturated rings. The predicted octanol–water partition coefficient (Wildman–Crippen LogP) is 2.43. The van der Waals surface area contributed by atoms with Crippen molar-refractivity contribution in [3.05, 3.63) is 54.1 Å². The molecule has 3 heterocycles. The first-order chi connectivity index (χ1) is 14.3. The van der Waals surface area contributed by atoms with E-state index in [1.807, 2.05) is 23.1 Å². The van der Waals surface area contributed by atoms with Gasteiger partial charge in [0.1, 0.15) is 5.82 Å². The van der Waals surface area contributed by atoms with E-state index < -0.39 is 10.0 Å². The van der Waals surface area contributed by atoms with E-state index in [0.717, 1.165) is 28.2 Å². The summed E-state index contributed by atoms with van der Waals surface area (Å²) in [5.41, 5.74) is 4.15. The molecule has 3 aromatic rings. The maximum absolute atomic E-state index is 12.5. The zero-order valence-electron chi connectivity index (χ0n) is 17.7. The second-order valence-electron chi connectivity index (χ2n) is 8.01. The normalized spacial score (nSPS) is 19.6. The first-order valence-electron chi connectivity index (χ1n) is 9.90. The van der Waals surface area contributed by atoms with Crippen LogP contribution in [0.5, 0.6) is 0 Å². The van der Waals surface area contributed by atoms with Crippen LogP contribution in [0.15, 0.2) is 43.0 Å². The summed E-state index contributed by atoms with van der Waals surface area (Å²) < 4.78 is 35.9. The van der Waals surface area contributed by atoms with Gasteiger partial charge in [0.2, 0.25) is 10.0 Å². The summed E-state index contributed by atoms with van der Waals surface area (Å²) in [6, 6.07) is 6.01. The molecule has 0 unspecified atom stereocenters. The van der Waals surface area contributed by atoms with Crippen LogP contribution in [0.4, 0.5) is 0 Å². The zero-order chi connectivity index (χ0) is 21.5. The predicted molar refractivity (Wildman–Crippen MR) is 115 cm³/mol. The Morgan fingerprint density at radius 1 is 1.17 bits per heavy atom. The van der Waals surface area contributed by atoms with Crippen LogP contribution < -0.4 is 0 Å². The number of imidazole rings is 1. The standard InChI is InChI=1S/C21H27N5O3S/c1-15-10-16(2)20(26-8-5-6-23-26)18(11-15)21-22-7-9-25(21)19-13-29-12-17(19)14-30(27,28)24(3)4/h5-11,17,19H,12-14H2,1-4H3/t17-,19-/m1/s1. The second kappa shape index (κ2) is 7.98. The number of nitrogens with zero attached hydrogens (tertiary/aromatic N) is 5. The lowest BCUT2D eigenvalue weighted by atomic mass is 10.0. The van der Waals surface area contributed by atoms with Gasteiger partial charge >= 0.3 is 0 Å². The summed E-state index contributed by atoms with van der Waals surface area (Å²) in [5.74, 6) is 0.681. The molecule has 30 heavy (non-hydrogen) atoms. The molecule has 0 aliphatic carbocycles. The molecule has 0 bridgehead atoms. The summed E-state index contributed by atoms with van der Waals surface area (Å²) in [5, 5.41) is 4.43. The van der Waals surface area contributed by atoms with Crippen molar-refractivity contribution in [1.29, 1.82) is 0 Å². The highest BCUT2D eigenvalue weighted by Crippen LogP contribution is 2.35. The molecule has 1 saturated heterocycles. The van der Waals surface area contributed by atoms with Crippen molar-refractivity contribution in [2.75, 3.05) is 33.1 Å². The Balaban J connectivity index is 1.78. The van der Waals surface area contributed by atoms with Crippen molar-refractivity contribution in [3.63, 3.8) is 0 Å². The van der Waals surface area contributed by atoms with E-state index in [1.54, 1.807) is 26.5 Å². The molecule has 160 valence electrons. The van der Waals surface area contributed by atoms with Crippen molar-refractivity contribution in [1.82, 2.24) is 23.6 Å². The molecule has 2 aromatic heterocycles. The van der Waals surface area contributed by atoms with Crippen LogP contribution in [-0.2, 0) is 14.8 Å². The van der Waals surface area contributed by atoms with E-state index >= 15 is 0 Å². The molecule has 4 rings (SSSR count). The monoisotopic (exact) mass is 429 g/mol. The van der Waals surface area contributed by atoms with Crippen LogP contribution in [0.25, 0.3) is 17.1 Å². The van der Waals surface area contributed by atoms with Crippen LogP contribution in [0.2, 0.25) is 0 Å². The number of aryl methyl sites for hydroxylation is 2. The molecule has 8 nitrogen and oxygen atoms in total. The minimum Gasteiger partial charge on any atom is -0.379 e. The fraction of sp³-hybridized carbons (Fsp3) is 0.429. The lowest BCUT2D eigenvalue weighted by Gasteiger charge is -2.23. The van der Waals surface area contributed by atoms with E-state index in [-0.39, 0.29) is 17.7 Å². The number of ether oxygens (including phenoxy) is 1. The van der Waals surface area contributed by atoms with Gasteiger partial charge in [-0.3, -0.25) is 0 Å². The Morgan fingerprint density at radius 3 is 2.67 bits per heavy atom. The van der Waals surface area contributed by atoms with Gasteiger partial charge in [-0.25, -0.2) is 22.4 Å². The Labute approximate surface area is 177 Å². The minimum absolute atomic E-state index is 0.0428. The van der Waals surface area contributed by atoms with E-state index in [1.165, 1.54) is 4.31 Å². The molecule has 9 heteroatoms. The smallest absolute Gasteiger partial charge is 0.214 e. The van der Waals surface area contributed by atoms with E-state index in [2.05, 4.69) is 40.6 Å². The third-order valence-corrected chi connectivity index (χ3v) is 7.55. The maximum Gasteiger partial charge on any atom is 0.214 e. The number of hydrogen-bond donors (Lipinski definition) is 0. The third-order valence-electron chi connectivity index (χ3n) is 5.59. The van der Waals surface area contributed by atoms with Crippen molar-refractivity contribution >= 4 is 10.0 Å². The van der Waals surface area contributed by atoms with Gasteiger partial charge in [-0.05, 0) is 37.1 Å². The van der Waals surface area contributed by atoms with Crippen LogP contribution in [0, 0.1) is 19.8 Å². The Hall–Kier alpha value is -2.49. The summed E-state index contributed by atoms with van der Waals surface area (Å²) in [4.78, 5) is 4.66. The average Bonchev–Trinajstić information content (AvgIpc) is 3.42. The number of sulfonamides is 1. The minimum atomic E-state index is -3.33. The fourth-order valence-corrected chi connectivity index (χ4v) is 5.26. The molecule has 1 aliphatic heterocycles. The van der Waals surface area contributed by atoms with Crippen molar-refractivity contribution < 1.29 is 13.2 Å². The van der Waals surface area contributed by atoms with Crippen molar-refractivity contribution in [3.8, 4) is 17.1 Å². The largest absolute Gasteiger partial charge is 0.379 e. The van der Waals surface area contributed by atoms with Gasteiger partial charge in [0.05, 0.1) is 30.7 Å². The highest BCUT2D eigenvalue weighted by Gasteiger charge is 2.35. The van der Waals surface area contributed by atoms with E-state index in [4.69, 9.17) is 4.74 Å². The van der Waals surface area contributed by atoms with Gasteiger partial charge in [-0.15, -0.1) is 0 Å². The molecule has 0 spiro atoms. The second-order valence-corrected chi connectivity index (χ2v) is 10.2. The van der Waals surface area contributed by atoms with Crippen molar-refractivity contribution in [2.24, 2.45) is 5.92 Å². The van der Waals surface area contributed by atoms with Gasteiger partial charge in [-0.2, -0.15) is 5.10 Å². The number of rotatable bonds is 6. The average molecular weight is 430 g/mol. The van der Waals surface area contributed by atoms with Gasteiger partial charge in [0.25, 0.3) is 0 Å². The van der Waals surface area contributed by atoms with Gasteiger partial charge < -0.3 is 9.30 Å². The van der Waals surface area contributed by atoms with Gasteiger partial charge in [0.15, 0.2) is 0 Å². The lowest BCUT2D eigenvalue weighted by molar-refractivity contribution is 0.182. The molecule has 0 amide bonds. The van der Waals surface area contributed by atoms with E-state index in [9.17, 15) is 8.42 Å². The molecule has 1 aliphatic rings. The molecule has 0 saturated carbocycles. The Bertz CT molecular complexity index is 1140. The topological polar surface area (TPSA) is 82.2 Å². The summed E-state index contributed by atoms with van der Waals surface area (Å²) in [6.07, 6.45) is 7.34. The summed E-state index contributed by atoms with van der Waals surface area (Å²) in [6.45, 7) is 4.99. The van der Waals surface area contributed by atoms with Crippen LogP contribution in [-0.4, -0.2) is 65.1 Å². The molecular formula is C21H27N5O3S. The summed E-state index contributed by atoms with van der Waals surface area (Å²) >= 11 is 0. The number of hydrogen-bond acceptors (Lipinski definition) is 5. The van der Waals surface area contributed by atoms with Crippen LogP contribution in [0.3, 0.4) is 0 Å². The number of aromatic nitrogens is 4. The highest BCUT2D eigenvalue weighted by molar-refractivity contribution is 7.89. The molecule has 0 radical (unpaired) electrons. The zero-order valence-corrected chi connectivity index (χ0v) is 18.5. The molecular weight excluding hydrogens is 402 g/mol. The number of benzene rings is 1. The summed E-state index contributed by atoms with van der Waals surface area (Å²) in [7, 11) is -0.206. The third kappa shape index (κ3) is 3.80. The van der Waals surface area contributed by atoms with Gasteiger partial charge in [-0.1, -0.05) is 6.07 Å². The SMILES string of the molecule is Cc1cc(C)c(-n2cccn2)c(-c2nccn2[C@@H]2COC[C@@H]2CS(=O)(=O)N(C)C)c1. The van der Waals surface area contributed by atoms with E-state index in [0.29, 0.717) is 13.2 Å². The Morgan fingerprint density at radius 2 is 1.97 bits per heavy atom.